The van der Waals surface area contributed by atoms with Gasteiger partial charge in [-0.25, -0.2) is 14.3 Å². The maximum Gasteiger partial charge on any atom is 0.339 e. The third-order valence-electron chi connectivity index (χ3n) is 3.26. The molecule has 1 N–H and O–H groups in total. The van der Waals surface area contributed by atoms with Crippen LogP contribution in [-0.4, -0.2) is 32.8 Å². The van der Waals surface area contributed by atoms with Crippen molar-refractivity contribution in [3.8, 4) is 17.0 Å². The third kappa shape index (κ3) is 2.31. The molecule has 6 heteroatoms. The Labute approximate surface area is 120 Å². The highest BCUT2D eigenvalue weighted by Gasteiger charge is 2.12. The van der Waals surface area contributed by atoms with Crippen molar-refractivity contribution < 1.29 is 14.6 Å². The summed E-state index contributed by atoms with van der Waals surface area (Å²) in [6, 6.07) is 9.30. The van der Waals surface area contributed by atoms with Crippen LogP contribution in [0.2, 0.25) is 0 Å². The van der Waals surface area contributed by atoms with Gasteiger partial charge >= 0.3 is 5.97 Å². The monoisotopic (exact) mass is 283 g/mol. The second-order valence-corrected chi connectivity index (χ2v) is 4.61. The minimum absolute atomic E-state index is 0.145. The Balaban J connectivity index is 2.09. The molecule has 0 saturated carbocycles. The van der Waals surface area contributed by atoms with Crippen molar-refractivity contribution in [3.63, 3.8) is 0 Å². The molecule has 3 aromatic rings. The number of ether oxygens (including phenoxy) is 1. The van der Waals surface area contributed by atoms with Gasteiger partial charge in [0.2, 0.25) is 0 Å². The molecule has 0 amide bonds. The van der Waals surface area contributed by atoms with E-state index in [0.717, 1.165) is 17.0 Å². The van der Waals surface area contributed by atoms with Crippen molar-refractivity contribution in [1.29, 1.82) is 0 Å². The lowest BCUT2D eigenvalue weighted by Crippen LogP contribution is -2.05. The lowest BCUT2D eigenvalue weighted by Gasteiger charge is -2.00. The molecular formula is C15H13N3O3. The van der Waals surface area contributed by atoms with Gasteiger partial charge in [0.1, 0.15) is 5.75 Å². The van der Waals surface area contributed by atoms with Crippen LogP contribution in [0, 0.1) is 6.92 Å². The molecule has 106 valence electrons. The molecule has 3 rings (SSSR count). The molecule has 0 bridgehead atoms. The van der Waals surface area contributed by atoms with Crippen LogP contribution in [-0.2, 0) is 0 Å². The zero-order chi connectivity index (χ0) is 15.0. The number of nitrogens with zero attached hydrogens (tertiary/aromatic N) is 3. The maximum absolute atomic E-state index is 11.1. The number of aromatic carboxylic acids is 1. The number of hydrogen-bond donors (Lipinski definition) is 1. The van der Waals surface area contributed by atoms with Crippen molar-refractivity contribution in [2.24, 2.45) is 0 Å². The van der Waals surface area contributed by atoms with Crippen LogP contribution in [0.5, 0.6) is 5.75 Å². The Morgan fingerprint density at radius 3 is 2.62 bits per heavy atom. The van der Waals surface area contributed by atoms with Crippen LogP contribution in [0.25, 0.3) is 16.9 Å². The highest BCUT2D eigenvalue weighted by atomic mass is 16.5. The summed E-state index contributed by atoms with van der Waals surface area (Å²) in [5, 5.41) is 13.5. The van der Waals surface area contributed by atoms with E-state index in [1.165, 1.54) is 10.7 Å². The van der Waals surface area contributed by atoms with Gasteiger partial charge in [-0.05, 0) is 31.2 Å². The number of aryl methyl sites for hydroxylation is 1. The van der Waals surface area contributed by atoms with E-state index in [2.05, 4.69) is 10.1 Å². The van der Waals surface area contributed by atoms with Gasteiger partial charge in [-0.2, -0.15) is 5.10 Å². The normalized spacial score (nSPS) is 10.8. The SMILES string of the molecule is COc1ccc(-c2cc3nc(C)c(C(=O)O)cn3n2)cc1. The van der Waals surface area contributed by atoms with Crippen LogP contribution in [0.3, 0.4) is 0 Å². The fourth-order valence-corrected chi connectivity index (χ4v) is 2.12. The minimum Gasteiger partial charge on any atom is -0.497 e. The first-order valence-corrected chi connectivity index (χ1v) is 6.33. The van der Waals surface area contributed by atoms with E-state index in [0.29, 0.717) is 11.3 Å². The number of carboxylic acid groups (broad SMARTS) is 1. The zero-order valence-corrected chi connectivity index (χ0v) is 11.6. The van der Waals surface area contributed by atoms with Crippen molar-refractivity contribution in [1.82, 2.24) is 14.6 Å². The van der Waals surface area contributed by atoms with E-state index < -0.39 is 5.97 Å². The molecular weight excluding hydrogens is 270 g/mol. The first kappa shape index (κ1) is 13.1. The molecule has 0 spiro atoms. The molecule has 0 aliphatic heterocycles. The molecule has 1 aromatic carbocycles. The second kappa shape index (κ2) is 4.90. The summed E-state index contributed by atoms with van der Waals surface area (Å²) in [5.74, 6) is -0.243. The van der Waals surface area contributed by atoms with Crippen molar-refractivity contribution in [2.45, 2.75) is 6.92 Å². The first-order valence-electron chi connectivity index (χ1n) is 6.33. The third-order valence-corrected chi connectivity index (χ3v) is 3.26. The van der Waals surface area contributed by atoms with Gasteiger partial charge in [-0.3, -0.25) is 0 Å². The van der Waals surface area contributed by atoms with E-state index in [9.17, 15) is 4.79 Å². The number of carbonyl (C=O) groups is 1. The Bertz CT molecular complexity index is 822. The first-order chi connectivity index (χ1) is 10.1. The fraction of sp³-hybridized carbons (Fsp3) is 0.133. The summed E-state index contributed by atoms with van der Waals surface area (Å²) < 4.78 is 6.60. The van der Waals surface area contributed by atoms with Crippen LogP contribution in [0.4, 0.5) is 0 Å². The largest absolute Gasteiger partial charge is 0.497 e. The van der Waals surface area contributed by atoms with Crippen LogP contribution in [0.1, 0.15) is 16.1 Å². The average molecular weight is 283 g/mol. The van der Waals surface area contributed by atoms with Gasteiger partial charge in [0.25, 0.3) is 0 Å². The number of benzene rings is 1. The number of methoxy groups -OCH3 is 1. The summed E-state index contributed by atoms with van der Waals surface area (Å²) >= 11 is 0. The molecule has 0 unspecified atom stereocenters. The predicted molar refractivity (Wildman–Crippen MR) is 76.7 cm³/mol. The van der Waals surface area contributed by atoms with Crippen molar-refractivity contribution in [2.75, 3.05) is 7.11 Å². The van der Waals surface area contributed by atoms with Crippen molar-refractivity contribution in [3.05, 3.63) is 47.8 Å². The molecule has 2 heterocycles. The number of fused-ring (bicyclic) bond motifs is 1. The topological polar surface area (TPSA) is 76.7 Å². The van der Waals surface area contributed by atoms with Crippen molar-refractivity contribution >= 4 is 11.6 Å². The quantitative estimate of drug-likeness (QED) is 0.798. The standard InChI is InChI=1S/C15H13N3O3/c1-9-12(15(19)20)8-18-14(16-9)7-13(17-18)10-3-5-11(21-2)6-4-10/h3-8H,1-2H3,(H,19,20). The number of carboxylic acids is 1. The molecule has 21 heavy (non-hydrogen) atoms. The summed E-state index contributed by atoms with van der Waals surface area (Å²) in [6.45, 7) is 1.67. The van der Waals surface area contributed by atoms with E-state index in [-0.39, 0.29) is 5.56 Å². The van der Waals surface area contributed by atoms with Gasteiger partial charge in [0.05, 0.1) is 24.1 Å². The lowest BCUT2D eigenvalue weighted by molar-refractivity contribution is 0.0695. The van der Waals surface area contributed by atoms with Crippen LogP contribution < -0.4 is 4.74 Å². The van der Waals surface area contributed by atoms with Gasteiger partial charge in [-0.1, -0.05) is 0 Å². The molecule has 0 radical (unpaired) electrons. The highest BCUT2D eigenvalue weighted by molar-refractivity contribution is 5.88. The number of rotatable bonds is 3. The Kier molecular flexibility index (Phi) is 3.06. The van der Waals surface area contributed by atoms with Crippen LogP contribution >= 0.6 is 0 Å². The van der Waals surface area contributed by atoms with Gasteiger partial charge in [-0.15, -0.1) is 0 Å². The molecule has 0 aliphatic rings. The van der Waals surface area contributed by atoms with Crippen LogP contribution in [0.15, 0.2) is 36.5 Å². The van der Waals surface area contributed by atoms with Gasteiger partial charge < -0.3 is 9.84 Å². The Morgan fingerprint density at radius 2 is 2.00 bits per heavy atom. The summed E-state index contributed by atoms with van der Waals surface area (Å²) in [6.07, 6.45) is 1.48. The number of hydrogen-bond acceptors (Lipinski definition) is 4. The molecule has 0 atom stereocenters. The smallest absolute Gasteiger partial charge is 0.339 e. The Morgan fingerprint density at radius 1 is 1.29 bits per heavy atom. The van der Waals surface area contributed by atoms with E-state index in [1.54, 1.807) is 14.0 Å². The average Bonchev–Trinajstić information content (AvgIpc) is 2.89. The highest BCUT2D eigenvalue weighted by Crippen LogP contribution is 2.22. The lowest BCUT2D eigenvalue weighted by atomic mass is 10.1. The zero-order valence-electron chi connectivity index (χ0n) is 11.6. The van der Waals surface area contributed by atoms with E-state index in [1.807, 2.05) is 30.3 Å². The molecule has 6 nitrogen and oxygen atoms in total. The summed E-state index contributed by atoms with van der Waals surface area (Å²) in [4.78, 5) is 15.4. The van der Waals surface area contributed by atoms with E-state index >= 15 is 0 Å². The van der Waals surface area contributed by atoms with E-state index in [4.69, 9.17) is 9.84 Å². The fourth-order valence-electron chi connectivity index (χ4n) is 2.12. The molecule has 0 saturated heterocycles. The molecule has 2 aromatic heterocycles. The number of aromatic nitrogens is 3. The van der Waals surface area contributed by atoms with Gasteiger partial charge in [0.15, 0.2) is 5.65 Å². The summed E-state index contributed by atoms with van der Waals surface area (Å²) in [7, 11) is 1.61. The second-order valence-electron chi connectivity index (χ2n) is 4.61. The Hall–Kier alpha value is -2.89. The predicted octanol–water partition coefficient (Wildman–Crippen LogP) is 2.41. The summed E-state index contributed by atoms with van der Waals surface area (Å²) in [5.41, 5.74) is 2.87. The molecule has 0 aliphatic carbocycles. The maximum atomic E-state index is 11.1. The van der Waals surface area contributed by atoms with Gasteiger partial charge in [0, 0.05) is 17.8 Å². The minimum atomic E-state index is -1.01. The molecule has 0 fully saturated rings.